The quantitative estimate of drug-likeness (QED) is 0.733. The number of rotatable bonds is 3. The van der Waals surface area contributed by atoms with Gasteiger partial charge in [0.05, 0.1) is 12.5 Å². The molecule has 3 aliphatic carbocycles. The molecule has 24 heavy (non-hydrogen) atoms. The summed E-state index contributed by atoms with van der Waals surface area (Å²) in [5.41, 5.74) is -0.591. The summed E-state index contributed by atoms with van der Waals surface area (Å²) in [5.74, 6) is -1.55. The monoisotopic (exact) mass is 326 g/mol. The van der Waals surface area contributed by atoms with E-state index in [9.17, 15) is 15.0 Å². The topological polar surface area (TPSA) is 87.0 Å². The number of hydrogen-bond acceptors (Lipinski definition) is 5. The van der Waals surface area contributed by atoms with Gasteiger partial charge in [0.1, 0.15) is 17.8 Å². The molecule has 5 rings (SSSR count). The minimum atomic E-state index is -1.55. The Kier molecular flexibility index (Phi) is 3.28. The van der Waals surface area contributed by atoms with E-state index in [1.807, 2.05) is 12.1 Å². The highest BCUT2D eigenvalue weighted by molar-refractivity contribution is 5.79. The van der Waals surface area contributed by atoms with Crippen molar-refractivity contribution in [3.63, 3.8) is 0 Å². The Morgan fingerprint density at radius 2 is 1.50 bits per heavy atom. The van der Waals surface area contributed by atoms with Crippen LogP contribution in [0.1, 0.15) is 28.7 Å². The van der Waals surface area contributed by atoms with Crippen LogP contribution in [-0.4, -0.2) is 34.5 Å². The third-order valence-electron chi connectivity index (χ3n) is 5.19. The Balaban J connectivity index is 1.95. The first-order valence-corrected chi connectivity index (χ1v) is 7.95. The molecule has 0 amide bonds. The van der Waals surface area contributed by atoms with Crippen LogP contribution in [-0.2, 0) is 20.7 Å². The molecule has 0 saturated heterocycles. The number of esters is 1. The molecule has 3 aliphatic rings. The van der Waals surface area contributed by atoms with Crippen molar-refractivity contribution in [1.29, 1.82) is 0 Å². The lowest BCUT2D eigenvalue weighted by atomic mass is 9.54. The van der Waals surface area contributed by atoms with Crippen molar-refractivity contribution >= 4 is 5.97 Å². The second-order valence-electron chi connectivity index (χ2n) is 6.37. The van der Waals surface area contributed by atoms with Crippen molar-refractivity contribution in [3.05, 3.63) is 70.8 Å². The van der Waals surface area contributed by atoms with Crippen LogP contribution < -0.4 is 0 Å². The number of aliphatic hydroxyl groups is 3. The van der Waals surface area contributed by atoms with E-state index in [1.165, 1.54) is 0 Å². The summed E-state index contributed by atoms with van der Waals surface area (Å²) in [4.78, 5) is 12.5. The van der Waals surface area contributed by atoms with Gasteiger partial charge < -0.3 is 20.1 Å². The van der Waals surface area contributed by atoms with Crippen LogP contribution in [0.4, 0.5) is 0 Å². The number of carbonyl (C=O) groups excluding carboxylic acids is 1. The van der Waals surface area contributed by atoms with Gasteiger partial charge in [0.15, 0.2) is 0 Å². The normalized spacial score (nSPS) is 29.7. The van der Waals surface area contributed by atoms with Crippen molar-refractivity contribution in [1.82, 2.24) is 0 Å². The first-order valence-electron chi connectivity index (χ1n) is 7.95. The predicted molar refractivity (Wildman–Crippen MR) is 85.0 cm³/mol. The van der Waals surface area contributed by atoms with Gasteiger partial charge in [0.2, 0.25) is 0 Å². The molecule has 2 bridgehead atoms. The van der Waals surface area contributed by atoms with Crippen molar-refractivity contribution in [2.24, 2.45) is 5.92 Å². The van der Waals surface area contributed by atoms with Gasteiger partial charge in [0.25, 0.3) is 0 Å². The lowest BCUT2D eigenvalue weighted by molar-refractivity contribution is -0.167. The summed E-state index contributed by atoms with van der Waals surface area (Å²) >= 11 is 0. The predicted octanol–water partition coefficient (Wildman–Crippen LogP) is 1.03. The zero-order chi connectivity index (χ0) is 16.9. The molecule has 1 unspecified atom stereocenters. The lowest BCUT2D eigenvalue weighted by Gasteiger charge is -2.53. The van der Waals surface area contributed by atoms with Gasteiger partial charge in [-0.25, -0.2) is 0 Å². The smallest absolute Gasteiger partial charge is 0.312 e. The summed E-state index contributed by atoms with van der Waals surface area (Å²) < 4.78 is 5.06. The van der Waals surface area contributed by atoms with Crippen LogP contribution in [0.25, 0.3) is 0 Å². The van der Waals surface area contributed by atoms with Gasteiger partial charge >= 0.3 is 5.97 Å². The number of aliphatic hydroxyl groups excluding tert-OH is 1. The Hall–Kier alpha value is -2.21. The SMILES string of the molecule is O=C(OCCO)C1CC2(O)c3ccccc3C1(O)c1ccccc12. The average molecular weight is 326 g/mol. The minimum absolute atomic E-state index is 0.0434. The number of carbonyl (C=O) groups is 1. The minimum Gasteiger partial charge on any atom is -0.463 e. The number of fused-ring (bicyclic) bond motifs is 1. The molecule has 0 fully saturated rings. The third-order valence-corrected chi connectivity index (χ3v) is 5.19. The second kappa shape index (κ2) is 5.14. The molecular formula is C19H18O5. The zero-order valence-corrected chi connectivity index (χ0v) is 13.0. The number of ether oxygens (including phenoxy) is 1. The van der Waals surface area contributed by atoms with E-state index in [0.29, 0.717) is 22.3 Å². The fourth-order valence-electron chi connectivity index (χ4n) is 4.18. The molecular weight excluding hydrogens is 308 g/mol. The molecule has 1 atom stereocenters. The van der Waals surface area contributed by atoms with E-state index in [0.717, 1.165) is 0 Å². The first-order chi connectivity index (χ1) is 11.5. The summed E-state index contributed by atoms with van der Waals surface area (Å²) in [6.45, 7) is -0.415. The van der Waals surface area contributed by atoms with Crippen molar-refractivity contribution in [2.45, 2.75) is 17.6 Å². The maximum absolute atomic E-state index is 12.5. The Labute approximate surface area is 139 Å². The van der Waals surface area contributed by atoms with Crippen LogP contribution in [0.3, 0.4) is 0 Å². The van der Waals surface area contributed by atoms with E-state index < -0.39 is 23.1 Å². The molecule has 0 heterocycles. The largest absolute Gasteiger partial charge is 0.463 e. The number of hydrogen-bond donors (Lipinski definition) is 3. The summed E-state index contributed by atoms with van der Waals surface area (Å²) in [7, 11) is 0. The molecule has 2 aromatic carbocycles. The molecule has 0 aliphatic heterocycles. The lowest BCUT2D eigenvalue weighted by Crippen LogP contribution is -2.57. The highest BCUT2D eigenvalue weighted by atomic mass is 16.5. The molecule has 124 valence electrons. The van der Waals surface area contributed by atoms with E-state index in [2.05, 4.69) is 0 Å². The molecule has 5 heteroatoms. The van der Waals surface area contributed by atoms with Gasteiger partial charge in [-0.15, -0.1) is 0 Å². The van der Waals surface area contributed by atoms with Gasteiger partial charge in [-0.1, -0.05) is 48.5 Å². The van der Waals surface area contributed by atoms with Gasteiger partial charge in [-0.05, 0) is 22.3 Å². The molecule has 0 aromatic heterocycles. The maximum Gasteiger partial charge on any atom is 0.312 e. The fraction of sp³-hybridized carbons (Fsp3) is 0.316. The molecule has 0 saturated carbocycles. The number of benzene rings is 2. The second-order valence-corrected chi connectivity index (χ2v) is 6.37. The highest BCUT2D eigenvalue weighted by Gasteiger charge is 2.62. The molecule has 0 spiro atoms. The van der Waals surface area contributed by atoms with E-state index in [-0.39, 0.29) is 19.6 Å². The van der Waals surface area contributed by atoms with E-state index in [1.54, 1.807) is 36.4 Å². The maximum atomic E-state index is 12.5. The van der Waals surface area contributed by atoms with Gasteiger partial charge in [0, 0.05) is 6.42 Å². The van der Waals surface area contributed by atoms with Gasteiger partial charge in [-0.3, -0.25) is 4.79 Å². The first kappa shape index (κ1) is 15.3. The summed E-state index contributed by atoms with van der Waals surface area (Å²) in [6, 6.07) is 14.2. The standard InChI is InChI=1S/C19H18O5/c20-9-10-24-17(21)16-11-18(22)12-5-1-3-7-14(12)19(16,23)15-8-4-2-6-13(15)18/h1-8,16,20,22-23H,9-11H2. The van der Waals surface area contributed by atoms with Crippen LogP contribution in [0, 0.1) is 5.92 Å². The fourth-order valence-corrected chi connectivity index (χ4v) is 4.18. The van der Waals surface area contributed by atoms with Crippen molar-refractivity contribution < 1.29 is 24.9 Å². The third kappa shape index (κ3) is 1.77. The molecule has 3 N–H and O–H groups in total. The molecule has 0 radical (unpaired) electrons. The van der Waals surface area contributed by atoms with Crippen LogP contribution in [0.15, 0.2) is 48.5 Å². The summed E-state index contributed by atoms with van der Waals surface area (Å²) in [6.07, 6.45) is 0.0434. The molecule has 2 aromatic rings. The van der Waals surface area contributed by atoms with Crippen molar-refractivity contribution in [2.75, 3.05) is 13.2 Å². The van der Waals surface area contributed by atoms with E-state index >= 15 is 0 Å². The summed E-state index contributed by atoms with van der Waals surface area (Å²) in [5, 5.41) is 31.9. The van der Waals surface area contributed by atoms with Crippen LogP contribution in [0.5, 0.6) is 0 Å². The van der Waals surface area contributed by atoms with Crippen molar-refractivity contribution in [3.8, 4) is 0 Å². The Morgan fingerprint density at radius 3 is 2.00 bits per heavy atom. The van der Waals surface area contributed by atoms with E-state index in [4.69, 9.17) is 9.84 Å². The zero-order valence-electron chi connectivity index (χ0n) is 13.0. The average Bonchev–Trinajstić information content (AvgIpc) is 2.62. The van der Waals surface area contributed by atoms with Gasteiger partial charge in [-0.2, -0.15) is 0 Å². The Bertz CT molecular complexity index is 765. The van der Waals surface area contributed by atoms with Crippen LogP contribution >= 0.6 is 0 Å². The Morgan fingerprint density at radius 1 is 1.00 bits per heavy atom. The van der Waals surface area contributed by atoms with Crippen LogP contribution in [0.2, 0.25) is 0 Å². The highest BCUT2D eigenvalue weighted by Crippen LogP contribution is 2.59. The molecule has 5 nitrogen and oxygen atoms in total.